The third kappa shape index (κ3) is 3.73. The van der Waals surface area contributed by atoms with Gasteiger partial charge in [-0.2, -0.15) is 0 Å². The second-order valence-corrected chi connectivity index (χ2v) is 5.68. The molecule has 0 amide bonds. The number of nitrogens with one attached hydrogen (secondary N) is 1. The molecule has 0 bridgehead atoms. The number of anilines is 1. The van der Waals surface area contributed by atoms with E-state index < -0.39 is 0 Å². The van der Waals surface area contributed by atoms with Crippen LogP contribution >= 0.6 is 0 Å². The number of amidine groups is 1. The third-order valence-corrected chi connectivity index (χ3v) is 4.21. The summed E-state index contributed by atoms with van der Waals surface area (Å²) in [6, 6.07) is 6.56. The van der Waals surface area contributed by atoms with Crippen LogP contribution in [0.15, 0.2) is 18.2 Å². The predicted molar refractivity (Wildman–Crippen MR) is 85.7 cm³/mol. The van der Waals surface area contributed by atoms with Crippen LogP contribution in [0.25, 0.3) is 0 Å². The Morgan fingerprint density at radius 1 is 1.20 bits per heavy atom. The van der Waals surface area contributed by atoms with Crippen LogP contribution < -0.4 is 10.6 Å². The van der Waals surface area contributed by atoms with Gasteiger partial charge in [-0.05, 0) is 44.0 Å². The van der Waals surface area contributed by atoms with E-state index >= 15 is 0 Å². The number of benzene rings is 1. The second kappa shape index (κ2) is 6.75. The molecule has 20 heavy (non-hydrogen) atoms. The molecule has 0 aliphatic carbocycles. The SMILES string of the molecule is Cc1cccc(N2CCN(CCCC(=N)N)CC2)c1C. The van der Waals surface area contributed by atoms with Crippen molar-refractivity contribution in [2.24, 2.45) is 5.73 Å². The summed E-state index contributed by atoms with van der Waals surface area (Å²) in [7, 11) is 0. The van der Waals surface area contributed by atoms with E-state index in [1.807, 2.05) is 0 Å². The molecule has 0 radical (unpaired) electrons. The average Bonchev–Trinajstić information content (AvgIpc) is 2.42. The first-order chi connectivity index (χ1) is 9.58. The van der Waals surface area contributed by atoms with Gasteiger partial charge < -0.3 is 10.6 Å². The summed E-state index contributed by atoms with van der Waals surface area (Å²) in [6.07, 6.45) is 1.72. The minimum Gasteiger partial charge on any atom is -0.388 e. The summed E-state index contributed by atoms with van der Waals surface area (Å²) in [6.45, 7) is 9.83. The number of rotatable bonds is 5. The van der Waals surface area contributed by atoms with Crippen molar-refractivity contribution < 1.29 is 0 Å². The van der Waals surface area contributed by atoms with E-state index in [2.05, 4.69) is 41.8 Å². The van der Waals surface area contributed by atoms with Gasteiger partial charge in [-0.25, -0.2) is 0 Å². The number of nitrogens with two attached hydrogens (primary N) is 1. The molecule has 1 aromatic carbocycles. The van der Waals surface area contributed by atoms with E-state index in [9.17, 15) is 0 Å². The first-order valence-corrected chi connectivity index (χ1v) is 7.44. The fourth-order valence-corrected chi connectivity index (χ4v) is 2.78. The van der Waals surface area contributed by atoms with E-state index in [0.717, 1.165) is 45.6 Å². The van der Waals surface area contributed by atoms with Crippen molar-refractivity contribution >= 4 is 11.5 Å². The molecule has 1 aliphatic rings. The Labute approximate surface area is 122 Å². The summed E-state index contributed by atoms with van der Waals surface area (Å²) in [5, 5.41) is 7.25. The zero-order valence-electron chi connectivity index (χ0n) is 12.7. The highest BCUT2D eigenvalue weighted by atomic mass is 15.3. The third-order valence-electron chi connectivity index (χ3n) is 4.21. The lowest BCUT2D eigenvalue weighted by Crippen LogP contribution is -2.47. The van der Waals surface area contributed by atoms with Gasteiger partial charge in [0.05, 0.1) is 5.84 Å². The van der Waals surface area contributed by atoms with Crippen LogP contribution in [0.5, 0.6) is 0 Å². The number of nitrogens with zero attached hydrogens (tertiary/aromatic N) is 2. The highest BCUT2D eigenvalue weighted by molar-refractivity contribution is 5.76. The maximum absolute atomic E-state index is 7.25. The molecule has 1 aromatic rings. The van der Waals surface area contributed by atoms with Gasteiger partial charge in [0.1, 0.15) is 0 Å². The molecule has 1 fully saturated rings. The van der Waals surface area contributed by atoms with Crippen molar-refractivity contribution in [1.82, 2.24) is 4.90 Å². The van der Waals surface area contributed by atoms with Gasteiger partial charge in [-0.1, -0.05) is 12.1 Å². The van der Waals surface area contributed by atoms with Crippen molar-refractivity contribution in [3.05, 3.63) is 29.3 Å². The van der Waals surface area contributed by atoms with Crippen LogP contribution in [0.4, 0.5) is 5.69 Å². The Hall–Kier alpha value is -1.55. The highest BCUT2D eigenvalue weighted by Gasteiger charge is 2.18. The van der Waals surface area contributed by atoms with Gasteiger partial charge >= 0.3 is 0 Å². The maximum atomic E-state index is 7.25. The Kier molecular flexibility index (Phi) is 5.01. The van der Waals surface area contributed by atoms with Gasteiger partial charge in [-0.3, -0.25) is 10.3 Å². The predicted octanol–water partition coefficient (Wildman–Crippen LogP) is 2.14. The summed E-state index contributed by atoms with van der Waals surface area (Å²) in [4.78, 5) is 4.97. The van der Waals surface area contributed by atoms with Gasteiger partial charge in [0, 0.05) is 38.3 Å². The van der Waals surface area contributed by atoms with E-state index in [-0.39, 0.29) is 0 Å². The first-order valence-electron chi connectivity index (χ1n) is 7.44. The van der Waals surface area contributed by atoms with Crippen LogP contribution in [0.2, 0.25) is 0 Å². The molecule has 2 rings (SSSR count). The van der Waals surface area contributed by atoms with E-state index in [1.165, 1.54) is 16.8 Å². The van der Waals surface area contributed by atoms with Crippen molar-refractivity contribution in [3.8, 4) is 0 Å². The Morgan fingerprint density at radius 3 is 2.55 bits per heavy atom. The number of piperazine rings is 1. The lowest BCUT2D eigenvalue weighted by atomic mass is 10.1. The molecule has 1 aliphatic heterocycles. The normalized spacial score (nSPS) is 16.4. The van der Waals surface area contributed by atoms with E-state index in [0.29, 0.717) is 5.84 Å². The summed E-state index contributed by atoms with van der Waals surface area (Å²) in [5.74, 6) is 0.305. The lowest BCUT2D eigenvalue weighted by Gasteiger charge is -2.37. The average molecular weight is 274 g/mol. The molecule has 4 heteroatoms. The van der Waals surface area contributed by atoms with Crippen molar-refractivity contribution in [2.75, 3.05) is 37.6 Å². The fraction of sp³-hybridized carbons (Fsp3) is 0.562. The molecule has 0 aromatic heterocycles. The Bertz CT molecular complexity index is 462. The summed E-state index contributed by atoms with van der Waals surface area (Å²) >= 11 is 0. The van der Waals surface area contributed by atoms with E-state index in [4.69, 9.17) is 11.1 Å². The molecular weight excluding hydrogens is 248 g/mol. The lowest BCUT2D eigenvalue weighted by molar-refractivity contribution is 0.256. The molecule has 0 unspecified atom stereocenters. The molecule has 3 N–H and O–H groups in total. The monoisotopic (exact) mass is 274 g/mol. The molecule has 1 heterocycles. The fourth-order valence-electron chi connectivity index (χ4n) is 2.78. The standard InChI is InChI=1S/C16H26N4/c1-13-5-3-6-15(14(13)2)20-11-9-19(10-12-20)8-4-7-16(17)18/h3,5-6H,4,7-12H2,1-2H3,(H3,17,18). The van der Waals surface area contributed by atoms with Gasteiger partial charge in [0.2, 0.25) is 0 Å². The van der Waals surface area contributed by atoms with Gasteiger partial charge in [-0.15, -0.1) is 0 Å². The zero-order valence-corrected chi connectivity index (χ0v) is 12.7. The molecule has 4 nitrogen and oxygen atoms in total. The molecule has 0 atom stereocenters. The Balaban J connectivity index is 1.85. The minimum atomic E-state index is 0.305. The number of aryl methyl sites for hydroxylation is 1. The zero-order chi connectivity index (χ0) is 14.5. The van der Waals surface area contributed by atoms with Crippen molar-refractivity contribution in [2.45, 2.75) is 26.7 Å². The molecule has 110 valence electrons. The number of hydrogen-bond acceptors (Lipinski definition) is 3. The highest BCUT2D eigenvalue weighted by Crippen LogP contribution is 2.23. The van der Waals surface area contributed by atoms with E-state index in [1.54, 1.807) is 0 Å². The van der Waals surface area contributed by atoms with Crippen LogP contribution in [-0.2, 0) is 0 Å². The minimum absolute atomic E-state index is 0.305. The first kappa shape index (κ1) is 14.9. The summed E-state index contributed by atoms with van der Waals surface area (Å²) in [5.41, 5.74) is 9.54. The second-order valence-electron chi connectivity index (χ2n) is 5.68. The topological polar surface area (TPSA) is 56.4 Å². The molecule has 0 saturated carbocycles. The van der Waals surface area contributed by atoms with Crippen molar-refractivity contribution in [1.29, 1.82) is 5.41 Å². The van der Waals surface area contributed by atoms with Gasteiger partial charge in [0.15, 0.2) is 0 Å². The largest absolute Gasteiger partial charge is 0.388 e. The molecule has 0 spiro atoms. The smallest absolute Gasteiger partial charge is 0.0905 e. The van der Waals surface area contributed by atoms with Crippen LogP contribution in [0.1, 0.15) is 24.0 Å². The Morgan fingerprint density at radius 2 is 1.90 bits per heavy atom. The molecule has 1 saturated heterocycles. The van der Waals surface area contributed by atoms with Crippen LogP contribution in [0.3, 0.4) is 0 Å². The summed E-state index contributed by atoms with van der Waals surface area (Å²) < 4.78 is 0. The van der Waals surface area contributed by atoms with Crippen LogP contribution in [-0.4, -0.2) is 43.5 Å². The molecular formula is C16H26N4. The van der Waals surface area contributed by atoms with Crippen molar-refractivity contribution in [3.63, 3.8) is 0 Å². The van der Waals surface area contributed by atoms with Gasteiger partial charge in [0.25, 0.3) is 0 Å². The van der Waals surface area contributed by atoms with Crippen LogP contribution in [0, 0.1) is 19.3 Å². The maximum Gasteiger partial charge on any atom is 0.0905 e. The quantitative estimate of drug-likeness (QED) is 0.639. The number of hydrogen-bond donors (Lipinski definition) is 2.